The molecule has 2 rings (SSSR count). The average molecular weight is 309 g/mol. The molecule has 1 aliphatic carbocycles. The number of nitro benzene ring substituents is 1. The van der Waals surface area contributed by atoms with Crippen molar-refractivity contribution in [1.82, 2.24) is 0 Å². The number of hydrogen-bond donors (Lipinski definition) is 1. The molecular formula is C16H23NO3S. The molecule has 0 heterocycles. The second-order valence-electron chi connectivity index (χ2n) is 5.92. The number of benzene rings is 1. The van der Waals surface area contributed by atoms with E-state index >= 15 is 0 Å². The van der Waals surface area contributed by atoms with Gasteiger partial charge in [0.15, 0.2) is 5.75 Å². The van der Waals surface area contributed by atoms with Gasteiger partial charge in [-0.3, -0.25) is 10.1 Å². The summed E-state index contributed by atoms with van der Waals surface area (Å²) in [6, 6.07) is 5.24. The van der Waals surface area contributed by atoms with E-state index < -0.39 is 0 Å². The first-order valence-corrected chi connectivity index (χ1v) is 8.24. The van der Waals surface area contributed by atoms with E-state index in [1.54, 1.807) is 12.1 Å². The van der Waals surface area contributed by atoms with Gasteiger partial charge < -0.3 is 4.74 Å². The van der Waals surface area contributed by atoms with Crippen LogP contribution >= 0.6 is 12.6 Å². The molecule has 4 nitrogen and oxygen atoms in total. The van der Waals surface area contributed by atoms with Crippen LogP contribution in [0.15, 0.2) is 18.2 Å². The van der Waals surface area contributed by atoms with Crippen LogP contribution in [0.25, 0.3) is 0 Å². The molecule has 1 aromatic carbocycles. The van der Waals surface area contributed by atoms with Gasteiger partial charge in [-0.25, -0.2) is 0 Å². The second kappa shape index (κ2) is 7.16. The summed E-state index contributed by atoms with van der Waals surface area (Å²) in [6.45, 7) is 2.50. The number of rotatable bonds is 6. The molecule has 116 valence electrons. The lowest BCUT2D eigenvalue weighted by molar-refractivity contribution is -0.386. The smallest absolute Gasteiger partial charge is 0.311 e. The van der Waals surface area contributed by atoms with Crippen molar-refractivity contribution in [3.63, 3.8) is 0 Å². The molecule has 0 radical (unpaired) electrons. The zero-order chi connectivity index (χ0) is 15.3. The molecule has 1 saturated carbocycles. The largest absolute Gasteiger partial charge is 0.486 e. The van der Waals surface area contributed by atoms with E-state index in [1.165, 1.54) is 19.3 Å². The molecule has 1 fully saturated rings. The zero-order valence-electron chi connectivity index (χ0n) is 12.5. The first-order chi connectivity index (χ1) is 10.1. The molecule has 5 heteroatoms. The number of ether oxygens (including phenoxy) is 1. The summed E-state index contributed by atoms with van der Waals surface area (Å²) in [6.07, 6.45) is 6.62. The van der Waals surface area contributed by atoms with E-state index in [0.29, 0.717) is 12.4 Å². The normalized spacial score (nSPS) is 17.4. The van der Waals surface area contributed by atoms with E-state index in [-0.39, 0.29) is 16.0 Å². The maximum atomic E-state index is 11.2. The lowest BCUT2D eigenvalue weighted by atomic mass is 9.76. The maximum Gasteiger partial charge on any atom is 0.311 e. The van der Waals surface area contributed by atoms with Gasteiger partial charge in [-0.2, -0.15) is 12.6 Å². The predicted octanol–water partition coefficient (Wildman–Crippen LogP) is 4.42. The molecule has 0 unspecified atom stereocenters. The van der Waals surface area contributed by atoms with E-state index in [0.717, 1.165) is 30.6 Å². The molecule has 0 atom stereocenters. The molecule has 1 aliphatic rings. The zero-order valence-corrected chi connectivity index (χ0v) is 13.4. The maximum absolute atomic E-state index is 11.2. The third-order valence-electron chi connectivity index (χ3n) is 4.41. The van der Waals surface area contributed by atoms with Crippen molar-refractivity contribution in [1.29, 1.82) is 0 Å². The summed E-state index contributed by atoms with van der Waals surface area (Å²) in [4.78, 5) is 10.8. The van der Waals surface area contributed by atoms with Gasteiger partial charge in [0.05, 0.1) is 11.5 Å². The summed E-state index contributed by atoms with van der Waals surface area (Å²) in [5, 5.41) is 11.2. The van der Waals surface area contributed by atoms with Gasteiger partial charge in [-0.1, -0.05) is 32.3 Å². The highest BCUT2D eigenvalue weighted by atomic mass is 32.1. The van der Waals surface area contributed by atoms with Crippen LogP contribution < -0.4 is 4.74 Å². The Hall–Kier alpha value is -1.23. The number of nitrogens with zero attached hydrogens (tertiary/aromatic N) is 1. The minimum absolute atomic E-state index is 0.0681. The van der Waals surface area contributed by atoms with Crippen molar-refractivity contribution in [2.24, 2.45) is 5.41 Å². The highest BCUT2D eigenvalue weighted by Crippen LogP contribution is 2.39. The van der Waals surface area contributed by atoms with Crippen molar-refractivity contribution in [3.05, 3.63) is 33.9 Å². The quantitative estimate of drug-likeness (QED) is 0.481. The minimum Gasteiger partial charge on any atom is -0.486 e. The van der Waals surface area contributed by atoms with Crippen LogP contribution in [0.1, 0.15) is 44.6 Å². The van der Waals surface area contributed by atoms with Crippen LogP contribution in [0.2, 0.25) is 0 Å². The Bertz CT molecular complexity index is 498. The van der Waals surface area contributed by atoms with E-state index in [9.17, 15) is 10.1 Å². The molecular weight excluding hydrogens is 286 g/mol. The average Bonchev–Trinajstić information content (AvgIpc) is 2.53. The van der Waals surface area contributed by atoms with Gasteiger partial charge in [-0.05, 0) is 36.6 Å². The summed E-state index contributed by atoms with van der Waals surface area (Å²) < 4.78 is 5.84. The van der Waals surface area contributed by atoms with Gasteiger partial charge in [0.25, 0.3) is 0 Å². The Balaban J connectivity index is 2.13. The van der Waals surface area contributed by atoms with Gasteiger partial charge >= 0.3 is 5.69 Å². The van der Waals surface area contributed by atoms with Crippen molar-refractivity contribution in [2.45, 2.75) is 45.4 Å². The van der Waals surface area contributed by atoms with E-state index in [4.69, 9.17) is 4.74 Å². The molecule has 21 heavy (non-hydrogen) atoms. The Morgan fingerprint density at radius 1 is 1.33 bits per heavy atom. The van der Waals surface area contributed by atoms with Crippen LogP contribution in [-0.2, 0) is 6.42 Å². The minimum atomic E-state index is -0.358. The van der Waals surface area contributed by atoms with Crippen molar-refractivity contribution in [3.8, 4) is 5.75 Å². The molecule has 0 aromatic heterocycles. The predicted molar refractivity (Wildman–Crippen MR) is 87.3 cm³/mol. The first-order valence-electron chi connectivity index (χ1n) is 7.61. The highest BCUT2D eigenvalue weighted by molar-refractivity contribution is 7.80. The highest BCUT2D eigenvalue weighted by Gasteiger charge is 2.32. The fourth-order valence-electron chi connectivity index (χ4n) is 2.93. The van der Waals surface area contributed by atoms with Crippen molar-refractivity contribution in [2.75, 3.05) is 12.4 Å². The lowest BCUT2D eigenvalue weighted by Crippen LogP contribution is -2.33. The van der Waals surface area contributed by atoms with Crippen LogP contribution in [0.3, 0.4) is 0 Å². The van der Waals surface area contributed by atoms with E-state index in [2.05, 4.69) is 12.6 Å². The van der Waals surface area contributed by atoms with Crippen LogP contribution in [-0.4, -0.2) is 17.3 Å². The van der Waals surface area contributed by atoms with Crippen LogP contribution in [0, 0.1) is 15.5 Å². The lowest BCUT2D eigenvalue weighted by Gasteiger charge is -2.35. The van der Waals surface area contributed by atoms with Gasteiger partial charge in [0, 0.05) is 11.5 Å². The molecule has 0 bridgehead atoms. The molecule has 1 aromatic rings. The number of hydrogen-bond acceptors (Lipinski definition) is 4. The third-order valence-corrected chi connectivity index (χ3v) is 5.08. The van der Waals surface area contributed by atoms with Gasteiger partial charge in [0.1, 0.15) is 0 Å². The third kappa shape index (κ3) is 3.90. The van der Waals surface area contributed by atoms with Gasteiger partial charge in [0.2, 0.25) is 0 Å². The molecule has 0 aliphatic heterocycles. The van der Waals surface area contributed by atoms with Gasteiger partial charge in [-0.15, -0.1) is 0 Å². The van der Waals surface area contributed by atoms with Crippen LogP contribution in [0.4, 0.5) is 5.69 Å². The Morgan fingerprint density at radius 3 is 2.62 bits per heavy atom. The monoisotopic (exact) mass is 309 g/mol. The summed E-state index contributed by atoms with van der Waals surface area (Å²) in [7, 11) is 0. The van der Waals surface area contributed by atoms with Crippen molar-refractivity contribution < 1.29 is 9.66 Å². The number of thiol groups is 1. The summed E-state index contributed by atoms with van der Waals surface area (Å²) in [5.41, 5.74) is 1.09. The second-order valence-corrected chi connectivity index (χ2v) is 6.24. The molecule has 0 N–H and O–H groups in total. The Kier molecular flexibility index (Phi) is 5.51. The summed E-state index contributed by atoms with van der Waals surface area (Å²) >= 11 is 4.48. The Morgan fingerprint density at radius 2 is 2.05 bits per heavy atom. The molecule has 0 saturated heterocycles. The first kappa shape index (κ1) is 16.1. The standard InChI is InChI=1S/C16H23NO3S/c1-2-13-6-7-15(14(10-13)17(18)19)20-11-16(12-21)8-4-3-5-9-16/h6-7,10,21H,2-5,8-9,11-12H2,1H3. The number of aryl methyl sites for hydroxylation is 1. The Labute approximate surface area is 131 Å². The number of nitro groups is 1. The SMILES string of the molecule is CCc1ccc(OCC2(CS)CCCCC2)c([N+](=O)[O-])c1. The van der Waals surface area contributed by atoms with Crippen molar-refractivity contribution >= 4 is 18.3 Å². The van der Waals surface area contributed by atoms with Crippen LogP contribution in [0.5, 0.6) is 5.75 Å². The van der Waals surface area contributed by atoms with E-state index in [1.807, 2.05) is 13.0 Å². The topological polar surface area (TPSA) is 52.4 Å². The summed E-state index contributed by atoms with van der Waals surface area (Å²) in [5.74, 6) is 1.15. The molecule has 0 spiro atoms. The fraction of sp³-hybridized carbons (Fsp3) is 0.625. The molecule has 0 amide bonds. The fourth-order valence-corrected chi connectivity index (χ4v) is 3.34.